The van der Waals surface area contributed by atoms with Crippen LogP contribution >= 0.6 is 10.3 Å². The van der Waals surface area contributed by atoms with E-state index in [-0.39, 0.29) is 5.97 Å². The number of benzene rings is 3. The minimum absolute atomic E-state index is 0.235. The van der Waals surface area contributed by atoms with E-state index < -0.39 is 15.7 Å². The second kappa shape index (κ2) is 41.1. The van der Waals surface area contributed by atoms with Gasteiger partial charge in [-0.2, -0.15) is 0 Å². The van der Waals surface area contributed by atoms with Gasteiger partial charge in [-0.25, -0.2) is 0 Å². The van der Waals surface area contributed by atoms with Crippen LogP contribution in [-0.4, -0.2) is 5.97 Å². The normalized spacial score (nSPS) is 18.4. The summed E-state index contributed by atoms with van der Waals surface area (Å²) in [5, 5.41) is 0. The second-order valence-electron chi connectivity index (χ2n) is 29.2. The van der Waals surface area contributed by atoms with Crippen LogP contribution in [0.15, 0.2) is 51.1 Å². The molecule has 0 unspecified atom stereocenters. The molecule has 3 aromatic carbocycles. The Balaban J connectivity index is 1.91. The van der Waals surface area contributed by atoms with Crippen molar-refractivity contribution in [3.63, 3.8) is 0 Å². The lowest BCUT2D eigenvalue weighted by Gasteiger charge is -2.56. The van der Waals surface area contributed by atoms with E-state index in [9.17, 15) is 0 Å². The molecule has 4 bridgehead atoms. The summed E-state index contributed by atoms with van der Waals surface area (Å²) < 4.78 is 8.99. The molecule has 7 rings (SSSR count). The molecule has 0 saturated heterocycles. The maximum absolute atomic E-state index is 17.5. The van der Waals surface area contributed by atoms with E-state index in [1.54, 1.807) is 64.8 Å². The molecule has 0 N–H and O–H groups in total. The first-order chi connectivity index (χ1) is 42.2. The van der Waals surface area contributed by atoms with Crippen LogP contribution in [0.3, 0.4) is 0 Å². The van der Waals surface area contributed by atoms with Gasteiger partial charge in [0.05, 0.1) is 5.41 Å². The monoisotopic (exact) mass is 1200 g/mol. The van der Waals surface area contributed by atoms with E-state index in [0.29, 0.717) is 17.8 Å². The van der Waals surface area contributed by atoms with E-state index in [4.69, 9.17) is 4.18 Å². The van der Waals surface area contributed by atoms with Crippen molar-refractivity contribution in [2.75, 3.05) is 0 Å². The molecular weight excluding hydrogens is 1060 g/mol. The standard InChI is InChI=1S/C83H138O2S/c1-10-19-28-37-46-67-58-73(49-40-31-22-13-4)79(74(59-67)50-41-32-23-14-5)86(85-82(84)83-64-70-55-71(65-83)57-72(56-70)66-83,80-75(51-42-33-24-15-6)60-68(47-38-29-20-11-2)61-76(80)52-43-34-25-16-7)81-77(53-44-35-26-17-8)62-69(48-39-30-21-12-3)63-78(81)54-45-36-27-18-9/h58-63,70-72H,10-57,64-66H2,1-9H3. The van der Waals surface area contributed by atoms with Gasteiger partial charge in [0.15, 0.2) is 0 Å². The SMILES string of the molecule is CCCCCCc1cc(CCCCCC)c(S(OC(=O)C23CC4CC(CC(C4)C2)C3)(c2c(CCCCCC)cc(CCCCCC)cc2CCCCCC)c2c(CCCCCC)cc(CCCCCC)cc2CCCCCC)c(CCCCCC)c1. The molecule has 2 nitrogen and oxygen atoms in total. The molecule has 0 aromatic heterocycles. The molecule has 488 valence electrons. The Morgan fingerprint density at radius 3 is 0.709 bits per heavy atom. The summed E-state index contributed by atoms with van der Waals surface area (Å²) in [5.74, 6) is 2.23. The first-order valence-electron chi connectivity index (χ1n) is 38.7. The Bertz CT molecular complexity index is 1990. The highest BCUT2D eigenvalue weighted by Crippen LogP contribution is 2.76. The summed E-state index contributed by atoms with van der Waals surface area (Å²) in [6.45, 7) is 21.5. The van der Waals surface area contributed by atoms with Crippen molar-refractivity contribution < 1.29 is 8.98 Å². The third-order valence-electron chi connectivity index (χ3n) is 21.2. The molecule has 0 aliphatic heterocycles. The average Bonchev–Trinajstić information content (AvgIpc) is 0.722. The van der Waals surface area contributed by atoms with E-state index in [1.165, 1.54) is 250 Å². The topological polar surface area (TPSA) is 26.3 Å². The molecule has 86 heavy (non-hydrogen) atoms. The van der Waals surface area contributed by atoms with Crippen molar-refractivity contribution in [3.8, 4) is 0 Å². The van der Waals surface area contributed by atoms with E-state index >= 15 is 4.79 Å². The molecule has 0 amide bonds. The van der Waals surface area contributed by atoms with E-state index in [1.807, 2.05) is 0 Å². The van der Waals surface area contributed by atoms with Crippen molar-refractivity contribution in [1.82, 2.24) is 0 Å². The highest BCUT2D eigenvalue weighted by molar-refractivity contribution is 8.30. The zero-order chi connectivity index (χ0) is 61.2. The number of rotatable bonds is 50. The van der Waals surface area contributed by atoms with Crippen molar-refractivity contribution in [1.29, 1.82) is 0 Å². The predicted octanol–water partition coefficient (Wildman–Crippen LogP) is 26.7. The minimum Gasteiger partial charge on any atom is -0.401 e. The van der Waals surface area contributed by atoms with Crippen LogP contribution in [0.5, 0.6) is 0 Å². The summed E-state index contributed by atoms with van der Waals surface area (Å²) in [4.78, 5) is 22.1. The maximum Gasteiger partial charge on any atom is 0.323 e. The molecule has 0 atom stereocenters. The molecule has 3 aromatic rings. The molecule has 3 heteroatoms. The van der Waals surface area contributed by atoms with Gasteiger partial charge in [0, 0.05) is 14.7 Å². The number of hydrogen-bond acceptors (Lipinski definition) is 2. The van der Waals surface area contributed by atoms with Crippen LogP contribution < -0.4 is 0 Å². The van der Waals surface area contributed by atoms with Crippen LogP contribution in [-0.2, 0) is 66.8 Å². The third kappa shape index (κ3) is 21.8. The Morgan fingerprint density at radius 2 is 0.512 bits per heavy atom. The number of aryl methyl sites for hydroxylation is 9. The Morgan fingerprint density at radius 1 is 0.314 bits per heavy atom. The lowest BCUT2D eigenvalue weighted by Crippen LogP contribution is -2.50. The Kier molecular flexibility index (Phi) is 34.6. The lowest BCUT2D eigenvalue weighted by molar-refractivity contribution is -0.160. The van der Waals surface area contributed by atoms with Crippen LogP contribution in [0.4, 0.5) is 0 Å². The van der Waals surface area contributed by atoms with Gasteiger partial charge in [-0.15, -0.1) is 0 Å². The first-order valence-corrected chi connectivity index (χ1v) is 40.2. The lowest BCUT2D eigenvalue weighted by atomic mass is 9.49. The maximum atomic E-state index is 17.5. The van der Waals surface area contributed by atoms with Gasteiger partial charge in [0.25, 0.3) is 0 Å². The van der Waals surface area contributed by atoms with Crippen molar-refractivity contribution >= 4 is 16.3 Å². The fourth-order valence-electron chi connectivity index (χ4n) is 16.8. The molecule has 0 radical (unpaired) electrons. The van der Waals surface area contributed by atoms with Gasteiger partial charge in [-0.1, -0.05) is 272 Å². The Labute approximate surface area is 536 Å². The van der Waals surface area contributed by atoms with Crippen LogP contribution in [0.2, 0.25) is 0 Å². The summed E-state index contributed by atoms with van der Waals surface area (Å²) in [7, 11) is -2.75. The van der Waals surface area contributed by atoms with Crippen molar-refractivity contribution in [2.45, 2.75) is 404 Å². The highest BCUT2D eigenvalue weighted by Gasteiger charge is 2.58. The second-order valence-corrected chi connectivity index (χ2v) is 31.7. The van der Waals surface area contributed by atoms with Gasteiger partial charge >= 0.3 is 5.97 Å². The summed E-state index contributed by atoms with van der Waals surface area (Å²) in [5.41, 5.74) is 13.7. The Hall–Kier alpha value is -2.52. The molecule has 0 spiro atoms. The van der Waals surface area contributed by atoms with E-state index in [2.05, 4.69) is 98.7 Å². The zero-order valence-corrected chi connectivity index (χ0v) is 59.3. The highest BCUT2D eigenvalue weighted by atomic mass is 32.3. The number of carbonyl (C=O) groups excluding carboxylic acids is 1. The largest absolute Gasteiger partial charge is 0.401 e. The van der Waals surface area contributed by atoms with Gasteiger partial charge in [0.2, 0.25) is 0 Å². The fourth-order valence-corrected chi connectivity index (χ4v) is 21.3. The summed E-state index contributed by atoms with van der Waals surface area (Å²) in [6, 6.07) is 16.7. The first kappa shape index (κ1) is 72.5. The van der Waals surface area contributed by atoms with Crippen LogP contribution in [0.25, 0.3) is 0 Å². The molecule has 4 aliphatic rings. The number of carbonyl (C=O) groups is 1. The molecule has 4 fully saturated rings. The number of hydrogen-bond donors (Lipinski definition) is 0. The summed E-state index contributed by atoms with van der Waals surface area (Å²) >= 11 is 0. The van der Waals surface area contributed by atoms with Gasteiger partial charge in [-0.05, 0) is 232 Å². The number of unbranched alkanes of at least 4 members (excludes halogenated alkanes) is 27. The van der Waals surface area contributed by atoms with Crippen LogP contribution in [0, 0.1) is 23.2 Å². The molecule has 4 aliphatic carbocycles. The quantitative estimate of drug-likeness (QED) is 0.0527. The molecular formula is C83H138O2S. The fraction of sp³-hybridized carbons (Fsp3) is 0.771. The third-order valence-corrected chi connectivity index (χ3v) is 24.9. The van der Waals surface area contributed by atoms with Crippen molar-refractivity contribution in [2.24, 2.45) is 23.2 Å². The van der Waals surface area contributed by atoms with Gasteiger partial charge in [0.1, 0.15) is 0 Å². The summed E-state index contributed by atoms with van der Waals surface area (Å²) in [6.07, 6.45) is 62.3. The van der Waals surface area contributed by atoms with Gasteiger partial charge < -0.3 is 4.18 Å². The smallest absolute Gasteiger partial charge is 0.323 e. The average molecular weight is 1200 g/mol. The van der Waals surface area contributed by atoms with E-state index in [0.717, 1.165) is 77.0 Å². The molecule has 4 saturated carbocycles. The predicted molar refractivity (Wildman–Crippen MR) is 379 cm³/mol. The minimum atomic E-state index is -2.75. The van der Waals surface area contributed by atoms with Crippen molar-refractivity contribution in [3.05, 3.63) is 86.5 Å². The molecule has 0 heterocycles. The zero-order valence-electron chi connectivity index (χ0n) is 58.5. The van der Waals surface area contributed by atoms with Gasteiger partial charge in [-0.3, -0.25) is 4.79 Å². The van der Waals surface area contributed by atoms with Crippen LogP contribution in [0.1, 0.15) is 382 Å².